The van der Waals surface area contributed by atoms with E-state index in [4.69, 9.17) is 9.84 Å². The normalized spacial score (nSPS) is 9.95. The van der Waals surface area contributed by atoms with Gasteiger partial charge in [-0.2, -0.15) is 0 Å². The van der Waals surface area contributed by atoms with Gasteiger partial charge >= 0.3 is 5.97 Å². The molecule has 0 aliphatic carbocycles. The molecule has 1 heterocycles. The van der Waals surface area contributed by atoms with Crippen LogP contribution >= 0.6 is 0 Å². The molecule has 0 spiro atoms. The maximum atomic E-state index is 11.9. The quantitative estimate of drug-likeness (QED) is 0.877. The molecule has 108 valence electrons. The Bertz CT molecular complexity index is 653. The number of hydrogen-bond donors (Lipinski definition) is 2. The number of aliphatic carboxylic acids is 1. The van der Waals surface area contributed by atoms with Crippen LogP contribution < -0.4 is 10.1 Å². The summed E-state index contributed by atoms with van der Waals surface area (Å²) in [5, 5.41) is 10.9. The zero-order valence-electron chi connectivity index (χ0n) is 11.4. The van der Waals surface area contributed by atoms with Crippen LogP contribution in [0.4, 0.5) is 0 Å². The van der Waals surface area contributed by atoms with Gasteiger partial charge in [0.25, 0.3) is 5.91 Å². The number of nitrogens with one attached hydrogen (secondary N) is 1. The molecule has 0 atom stereocenters. The predicted octanol–water partition coefficient (Wildman–Crippen LogP) is 2.00. The Hall–Kier alpha value is -2.89. The first-order valence-electron chi connectivity index (χ1n) is 6.26. The van der Waals surface area contributed by atoms with Gasteiger partial charge in [0, 0.05) is 6.20 Å². The molecule has 0 aliphatic rings. The van der Waals surface area contributed by atoms with Gasteiger partial charge in [-0.3, -0.25) is 9.59 Å². The van der Waals surface area contributed by atoms with Crippen molar-refractivity contribution in [1.82, 2.24) is 10.3 Å². The molecule has 0 unspecified atom stereocenters. The molecule has 1 aromatic carbocycles. The molecule has 0 saturated carbocycles. The highest BCUT2D eigenvalue weighted by molar-refractivity contribution is 5.97. The van der Waals surface area contributed by atoms with Crippen LogP contribution in [0.3, 0.4) is 0 Å². The number of hydrogen-bond acceptors (Lipinski definition) is 4. The van der Waals surface area contributed by atoms with Gasteiger partial charge in [0.1, 0.15) is 17.9 Å². The zero-order valence-corrected chi connectivity index (χ0v) is 11.4. The summed E-state index contributed by atoms with van der Waals surface area (Å²) in [6.45, 7) is 1.49. The molecule has 6 nitrogen and oxygen atoms in total. The van der Waals surface area contributed by atoms with E-state index in [1.54, 1.807) is 18.2 Å². The van der Waals surface area contributed by atoms with E-state index in [1.807, 2.05) is 19.1 Å². The van der Waals surface area contributed by atoms with Crippen molar-refractivity contribution in [3.63, 3.8) is 0 Å². The van der Waals surface area contributed by atoms with E-state index in [-0.39, 0.29) is 11.4 Å². The van der Waals surface area contributed by atoms with Gasteiger partial charge in [-0.05, 0) is 31.2 Å². The van der Waals surface area contributed by atoms with E-state index >= 15 is 0 Å². The molecule has 1 aromatic heterocycles. The van der Waals surface area contributed by atoms with Crippen LogP contribution in [0.2, 0.25) is 0 Å². The average Bonchev–Trinajstić information content (AvgIpc) is 2.48. The highest BCUT2D eigenvalue weighted by Crippen LogP contribution is 2.23. The van der Waals surface area contributed by atoms with Crippen molar-refractivity contribution < 1.29 is 19.4 Å². The van der Waals surface area contributed by atoms with E-state index in [9.17, 15) is 9.59 Å². The minimum Gasteiger partial charge on any atom is -0.480 e. The van der Waals surface area contributed by atoms with Gasteiger partial charge in [0.15, 0.2) is 0 Å². The summed E-state index contributed by atoms with van der Waals surface area (Å²) in [6.07, 6.45) is 1.50. The molecule has 0 saturated heterocycles. The van der Waals surface area contributed by atoms with Crippen LogP contribution in [0.5, 0.6) is 11.6 Å². The molecule has 2 aromatic rings. The Labute approximate surface area is 121 Å². The fourth-order valence-electron chi connectivity index (χ4n) is 1.61. The molecular weight excluding hydrogens is 272 g/mol. The standard InChI is InChI=1S/C15H14N2O4/c1-10-4-6-11(7-5-10)21-15-12(3-2-8-16-15)14(20)17-9-13(18)19/h2-8H,9H2,1H3,(H,17,20)(H,18,19). The van der Waals surface area contributed by atoms with Crippen molar-refractivity contribution in [3.05, 3.63) is 53.7 Å². The van der Waals surface area contributed by atoms with Crippen LogP contribution in [-0.4, -0.2) is 28.5 Å². The van der Waals surface area contributed by atoms with Gasteiger partial charge in [-0.25, -0.2) is 4.98 Å². The Kier molecular flexibility index (Phi) is 4.50. The number of aromatic nitrogens is 1. The van der Waals surface area contributed by atoms with Crippen molar-refractivity contribution in [3.8, 4) is 11.6 Å². The molecule has 6 heteroatoms. The number of ether oxygens (including phenoxy) is 1. The number of benzene rings is 1. The van der Waals surface area contributed by atoms with Gasteiger partial charge in [-0.15, -0.1) is 0 Å². The molecule has 0 fully saturated rings. The maximum absolute atomic E-state index is 11.9. The van der Waals surface area contributed by atoms with Crippen molar-refractivity contribution in [2.45, 2.75) is 6.92 Å². The van der Waals surface area contributed by atoms with Crippen molar-refractivity contribution in [2.75, 3.05) is 6.54 Å². The third-order valence-electron chi connectivity index (χ3n) is 2.65. The Morgan fingerprint density at radius 3 is 2.62 bits per heavy atom. The van der Waals surface area contributed by atoms with Crippen LogP contribution in [0, 0.1) is 6.92 Å². The van der Waals surface area contributed by atoms with E-state index in [0.29, 0.717) is 5.75 Å². The van der Waals surface area contributed by atoms with Gasteiger partial charge in [0.05, 0.1) is 0 Å². The SMILES string of the molecule is Cc1ccc(Oc2ncccc2C(=O)NCC(=O)O)cc1. The summed E-state index contributed by atoms with van der Waals surface area (Å²) in [5.74, 6) is -0.989. The molecule has 1 amide bonds. The molecular formula is C15H14N2O4. The molecule has 21 heavy (non-hydrogen) atoms. The topological polar surface area (TPSA) is 88.5 Å². The summed E-state index contributed by atoms with van der Waals surface area (Å²) in [5.41, 5.74) is 1.27. The monoisotopic (exact) mass is 286 g/mol. The lowest BCUT2D eigenvalue weighted by molar-refractivity contribution is -0.135. The number of aryl methyl sites for hydroxylation is 1. The number of carbonyl (C=O) groups is 2. The first-order chi connectivity index (χ1) is 10.1. The van der Waals surface area contributed by atoms with Crippen molar-refractivity contribution >= 4 is 11.9 Å². The molecule has 0 aliphatic heterocycles. The number of amides is 1. The minimum atomic E-state index is -1.12. The van der Waals surface area contributed by atoms with E-state index in [0.717, 1.165) is 5.56 Å². The summed E-state index contributed by atoms with van der Waals surface area (Å²) in [7, 11) is 0. The molecule has 2 rings (SSSR count). The minimum absolute atomic E-state index is 0.129. The van der Waals surface area contributed by atoms with Crippen molar-refractivity contribution in [1.29, 1.82) is 0 Å². The van der Waals surface area contributed by atoms with Crippen molar-refractivity contribution in [2.24, 2.45) is 0 Å². The first-order valence-corrected chi connectivity index (χ1v) is 6.26. The Morgan fingerprint density at radius 1 is 1.24 bits per heavy atom. The second kappa shape index (κ2) is 6.51. The van der Waals surface area contributed by atoms with E-state index in [1.165, 1.54) is 12.3 Å². The Morgan fingerprint density at radius 2 is 1.95 bits per heavy atom. The largest absolute Gasteiger partial charge is 0.480 e. The number of carboxylic acids is 1. The lowest BCUT2D eigenvalue weighted by atomic mass is 10.2. The predicted molar refractivity (Wildman–Crippen MR) is 75.5 cm³/mol. The second-order valence-electron chi connectivity index (χ2n) is 4.35. The second-order valence-corrected chi connectivity index (χ2v) is 4.35. The first kappa shape index (κ1) is 14.5. The van der Waals surface area contributed by atoms with E-state index in [2.05, 4.69) is 10.3 Å². The number of pyridine rings is 1. The maximum Gasteiger partial charge on any atom is 0.322 e. The summed E-state index contributed by atoms with van der Waals surface area (Å²) >= 11 is 0. The van der Waals surface area contributed by atoms with Gasteiger partial charge in [-0.1, -0.05) is 17.7 Å². The van der Waals surface area contributed by atoms with Crippen LogP contribution in [0.15, 0.2) is 42.6 Å². The zero-order chi connectivity index (χ0) is 15.2. The summed E-state index contributed by atoms with van der Waals surface area (Å²) in [4.78, 5) is 26.4. The molecule has 0 radical (unpaired) electrons. The van der Waals surface area contributed by atoms with Gasteiger partial charge in [0.2, 0.25) is 5.88 Å². The number of carbonyl (C=O) groups excluding carboxylic acids is 1. The lowest BCUT2D eigenvalue weighted by Gasteiger charge is -2.09. The lowest BCUT2D eigenvalue weighted by Crippen LogP contribution is -2.29. The number of carboxylic acid groups (broad SMARTS) is 1. The van der Waals surface area contributed by atoms with Crippen LogP contribution in [0.25, 0.3) is 0 Å². The average molecular weight is 286 g/mol. The Balaban J connectivity index is 2.18. The molecule has 2 N–H and O–H groups in total. The van der Waals surface area contributed by atoms with E-state index < -0.39 is 18.4 Å². The third kappa shape index (κ3) is 4.04. The highest BCUT2D eigenvalue weighted by atomic mass is 16.5. The van der Waals surface area contributed by atoms with Gasteiger partial charge < -0.3 is 15.2 Å². The smallest absolute Gasteiger partial charge is 0.322 e. The summed E-state index contributed by atoms with van der Waals surface area (Å²) in [6, 6.07) is 10.4. The van der Waals surface area contributed by atoms with Crippen LogP contribution in [0.1, 0.15) is 15.9 Å². The summed E-state index contributed by atoms with van der Waals surface area (Å²) < 4.78 is 5.57. The number of nitrogens with zero attached hydrogens (tertiary/aromatic N) is 1. The third-order valence-corrected chi connectivity index (χ3v) is 2.65. The fraction of sp³-hybridized carbons (Fsp3) is 0.133. The fourth-order valence-corrected chi connectivity index (χ4v) is 1.61. The van der Waals surface area contributed by atoms with Crippen LogP contribution in [-0.2, 0) is 4.79 Å². The molecule has 0 bridgehead atoms. The number of rotatable bonds is 5. The highest BCUT2D eigenvalue weighted by Gasteiger charge is 2.14.